The molecule has 0 fully saturated rings. The highest BCUT2D eigenvalue weighted by Gasteiger charge is 2.30. The molecule has 1 unspecified atom stereocenters. The van der Waals surface area contributed by atoms with Gasteiger partial charge in [-0.25, -0.2) is 4.79 Å². The Morgan fingerprint density at radius 2 is 1.64 bits per heavy atom. The fraction of sp³-hybridized carbons (Fsp3) is 0.111. The highest BCUT2D eigenvalue weighted by atomic mass is 35.5. The minimum absolute atomic E-state index is 0.230. The maximum absolute atomic E-state index is 12.2. The molecule has 3 aromatic carbocycles. The molecule has 0 saturated heterocycles. The summed E-state index contributed by atoms with van der Waals surface area (Å²) < 4.78 is 6.12. The first-order chi connectivity index (χ1) is 16.1. The number of amides is 3. The molecular formula is C27H23ClN2O3. The van der Waals surface area contributed by atoms with Gasteiger partial charge in [-0.2, -0.15) is 0 Å². The van der Waals surface area contributed by atoms with Crippen LogP contribution in [0.25, 0.3) is 0 Å². The van der Waals surface area contributed by atoms with Crippen molar-refractivity contribution in [3.05, 3.63) is 119 Å². The van der Waals surface area contributed by atoms with Crippen molar-refractivity contribution < 1.29 is 14.3 Å². The van der Waals surface area contributed by atoms with Crippen molar-refractivity contribution >= 4 is 29.2 Å². The lowest BCUT2D eigenvalue weighted by Crippen LogP contribution is -2.34. The second kappa shape index (κ2) is 10.2. The number of imide groups is 1. The van der Waals surface area contributed by atoms with Gasteiger partial charge < -0.3 is 10.1 Å². The Kier molecular flexibility index (Phi) is 6.91. The molecular weight excluding hydrogens is 436 g/mol. The smallest absolute Gasteiger partial charge is 0.326 e. The molecule has 2 N–H and O–H groups in total. The van der Waals surface area contributed by atoms with Crippen LogP contribution in [0.2, 0.25) is 5.02 Å². The Bertz CT molecular complexity index is 1190. The van der Waals surface area contributed by atoms with Gasteiger partial charge >= 0.3 is 6.03 Å². The van der Waals surface area contributed by atoms with Gasteiger partial charge in [0.25, 0.3) is 5.91 Å². The summed E-state index contributed by atoms with van der Waals surface area (Å²) in [6.45, 7) is 0.484. The van der Waals surface area contributed by atoms with Gasteiger partial charge in [0.2, 0.25) is 0 Å². The summed E-state index contributed by atoms with van der Waals surface area (Å²) >= 11 is 6.00. The Balaban J connectivity index is 1.36. The molecule has 3 aromatic rings. The first kappa shape index (κ1) is 22.4. The van der Waals surface area contributed by atoms with Gasteiger partial charge in [0.15, 0.2) is 0 Å². The van der Waals surface area contributed by atoms with Gasteiger partial charge in [0.05, 0.1) is 16.0 Å². The highest BCUT2D eigenvalue weighted by molar-refractivity contribution is 6.34. The fourth-order valence-electron chi connectivity index (χ4n) is 3.66. The predicted octanol–water partition coefficient (Wildman–Crippen LogP) is 6.13. The first-order valence-corrected chi connectivity index (χ1v) is 10.9. The minimum atomic E-state index is -0.643. The number of allylic oxidation sites excluding steroid dienone is 3. The van der Waals surface area contributed by atoms with E-state index in [9.17, 15) is 9.59 Å². The third-order valence-electron chi connectivity index (χ3n) is 5.45. The maximum Gasteiger partial charge on any atom is 0.326 e. The number of benzene rings is 3. The van der Waals surface area contributed by atoms with E-state index in [1.165, 1.54) is 5.56 Å². The van der Waals surface area contributed by atoms with Crippen LogP contribution >= 0.6 is 11.6 Å². The molecule has 4 rings (SSSR count). The lowest BCUT2D eigenvalue weighted by Gasteiger charge is -2.31. The quantitative estimate of drug-likeness (QED) is 0.466. The molecule has 0 saturated carbocycles. The van der Waals surface area contributed by atoms with E-state index in [1.807, 2.05) is 24.3 Å². The number of carbonyl (C=O) groups is 2. The van der Waals surface area contributed by atoms with Gasteiger partial charge in [0, 0.05) is 5.69 Å². The van der Waals surface area contributed by atoms with Crippen LogP contribution in [0.4, 0.5) is 10.5 Å². The van der Waals surface area contributed by atoms with Crippen LogP contribution in [0.3, 0.4) is 0 Å². The fourth-order valence-corrected chi connectivity index (χ4v) is 3.89. The molecule has 1 aliphatic rings. The van der Waals surface area contributed by atoms with Crippen LogP contribution in [0.15, 0.2) is 103 Å². The van der Waals surface area contributed by atoms with E-state index in [0.717, 1.165) is 6.42 Å². The SMILES string of the molecule is O=C(NC(=O)c1ccccc1Cl)Nc1ccc(OCC2(c3ccccc3)C=CC=CC2)cc1. The summed E-state index contributed by atoms with van der Waals surface area (Å²) in [6.07, 6.45) is 9.27. The van der Waals surface area contributed by atoms with Crippen LogP contribution in [0.5, 0.6) is 5.75 Å². The average molecular weight is 459 g/mol. The van der Waals surface area contributed by atoms with Gasteiger partial charge in [-0.1, -0.05) is 78.4 Å². The summed E-state index contributed by atoms with van der Waals surface area (Å²) in [5.74, 6) is 0.116. The zero-order chi connectivity index (χ0) is 23.1. The summed E-state index contributed by atoms with van der Waals surface area (Å²) in [5, 5.41) is 5.19. The zero-order valence-corrected chi connectivity index (χ0v) is 18.6. The van der Waals surface area contributed by atoms with Crippen molar-refractivity contribution in [2.24, 2.45) is 0 Å². The number of halogens is 1. The summed E-state index contributed by atoms with van der Waals surface area (Å²) in [6, 6.07) is 23.2. The van der Waals surface area contributed by atoms with Crippen molar-refractivity contribution in [2.45, 2.75) is 11.8 Å². The summed E-state index contributed by atoms with van der Waals surface area (Å²) in [5.41, 5.74) is 1.73. The molecule has 33 heavy (non-hydrogen) atoms. The molecule has 0 aromatic heterocycles. The van der Waals surface area contributed by atoms with E-state index < -0.39 is 11.9 Å². The Labute approximate surface area is 197 Å². The van der Waals surface area contributed by atoms with Crippen molar-refractivity contribution in [3.63, 3.8) is 0 Å². The standard InChI is InChI=1S/C27H23ClN2O3/c28-24-12-6-5-11-23(24)25(31)30-26(32)29-21-13-15-22(16-14-21)33-19-27(17-7-2-8-18-27)20-9-3-1-4-10-20/h1-17H,18-19H2,(H2,29,30,31,32). The number of nitrogens with one attached hydrogen (secondary N) is 2. The van der Waals surface area contributed by atoms with Gasteiger partial charge in [0.1, 0.15) is 12.4 Å². The molecule has 3 amide bonds. The molecule has 0 heterocycles. The third-order valence-corrected chi connectivity index (χ3v) is 5.78. The molecule has 0 bridgehead atoms. The molecule has 5 nitrogen and oxygen atoms in total. The minimum Gasteiger partial charge on any atom is -0.492 e. The second-order valence-electron chi connectivity index (χ2n) is 7.71. The molecule has 0 aliphatic heterocycles. The second-order valence-corrected chi connectivity index (χ2v) is 8.12. The van der Waals surface area contributed by atoms with E-state index in [4.69, 9.17) is 16.3 Å². The van der Waals surface area contributed by atoms with Crippen LogP contribution < -0.4 is 15.4 Å². The van der Waals surface area contributed by atoms with Crippen molar-refractivity contribution in [1.29, 1.82) is 0 Å². The number of urea groups is 1. The molecule has 166 valence electrons. The van der Waals surface area contributed by atoms with E-state index in [-0.39, 0.29) is 16.0 Å². The third kappa shape index (κ3) is 5.51. The molecule has 1 atom stereocenters. The lowest BCUT2D eigenvalue weighted by atomic mass is 9.76. The predicted molar refractivity (Wildman–Crippen MR) is 131 cm³/mol. The van der Waals surface area contributed by atoms with Crippen molar-refractivity contribution in [1.82, 2.24) is 5.32 Å². The Morgan fingerprint density at radius 1 is 0.909 bits per heavy atom. The highest BCUT2D eigenvalue weighted by Crippen LogP contribution is 2.33. The Hall–Kier alpha value is -3.83. The monoisotopic (exact) mass is 458 g/mol. The molecule has 0 radical (unpaired) electrons. The van der Waals surface area contributed by atoms with Crippen LogP contribution in [-0.2, 0) is 5.41 Å². The lowest BCUT2D eigenvalue weighted by molar-refractivity contribution is 0.0967. The van der Waals surface area contributed by atoms with Crippen molar-refractivity contribution in [2.75, 3.05) is 11.9 Å². The number of carbonyl (C=O) groups excluding carboxylic acids is 2. The number of hydrogen-bond donors (Lipinski definition) is 2. The largest absolute Gasteiger partial charge is 0.492 e. The zero-order valence-electron chi connectivity index (χ0n) is 17.8. The number of ether oxygens (including phenoxy) is 1. The number of anilines is 1. The molecule has 0 spiro atoms. The van der Waals surface area contributed by atoms with Gasteiger partial charge in [-0.05, 0) is 48.4 Å². The van der Waals surface area contributed by atoms with Crippen molar-refractivity contribution in [3.8, 4) is 5.75 Å². The van der Waals surface area contributed by atoms with Crippen LogP contribution in [0.1, 0.15) is 22.3 Å². The normalized spacial score (nSPS) is 16.8. The van der Waals surface area contributed by atoms with E-state index in [1.54, 1.807) is 48.5 Å². The van der Waals surface area contributed by atoms with Gasteiger partial charge in [-0.15, -0.1) is 0 Å². The summed E-state index contributed by atoms with van der Waals surface area (Å²) in [4.78, 5) is 24.4. The summed E-state index contributed by atoms with van der Waals surface area (Å²) in [7, 11) is 0. The molecule has 6 heteroatoms. The molecule has 1 aliphatic carbocycles. The number of rotatable bonds is 6. The maximum atomic E-state index is 12.2. The van der Waals surface area contributed by atoms with Gasteiger partial charge in [-0.3, -0.25) is 10.1 Å². The number of hydrogen-bond acceptors (Lipinski definition) is 3. The van der Waals surface area contributed by atoms with E-state index in [2.05, 4.69) is 41.0 Å². The first-order valence-electron chi connectivity index (χ1n) is 10.6. The Morgan fingerprint density at radius 3 is 2.33 bits per heavy atom. The van der Waals surface area contributed by atoms with Crippen LogP contribution in [-0.4, -0.2) is 18.5 Å². The average Bonchev–Trinajstić information content (AvgIpc) is 2.85. The topological polar surface area (TPSA) is 67.4 Å². The van der Waals surface area contributed by atoms with E-state index in [0.29, 0.717) is 18.0 Å². The van der Waals surface area contributed by atoms with Crippen LogP contribution in [0, 0.1) is 0 Å². The van der Waals surface area contributed by atoms with E-state index >= 15 is 0 Å².